The van der Waals surface area contributed by atoms with Gasteiger partial charge in [0.25, 0.3) is 5.91 Å². The normalized spacial score (nSPS) is 10.9. The minimum Gasteiger partial charge on any atom is -0.436 e. The van der Waals surface area contributed by atoms with E-state index in [2.05, 4.69) is 10.3 Å². The van der Waals surface area contributed by atoms with Gasteiger partial charge in [-0.15, -0.1) is 0 Å². The topological polar surface area (TPSA) is 55.1 Å². The number of fused-ring (bicyclic) bond motifs is 1. The van der Waals surface area contributed by atoms with Crippen molar-refractivity contribution in [2.24, 2.45) is 0 Å². The van der Waals surface area contributed by atoms with Gasteiger partial charge in [-0.1, -0.05) is 29.8 Å². The van der Waals surface area contributed by atoms with Gasteiger partial charge in [0.1, 0.15) is 5.52 Å². The molecule has 3 aromatic carbocycles. The van der Waals surface area contributed by atoms with Crippen molar-refractivity contribution in [3.8, 4) is 11.5 Å². The third-order valence-electron chi connectivity index (χ3n) is 4.38. The lowest BCUT2D eigenvalue weighted by molar-refractivity contribution is 0.102. The van der Waals surface area contributed by atoms with Gasteiger partial charge in [0.2, 0.25) is 5.89 Å². The van der Waals surface area contributed by atoms with E-state index in [1.807, 2.05) is 50.2 Å². The van der Waals surface area contributed by atoms with Gasteiger partial charge in [-0.25, -0.2) is 4.98 Å². The average Bonchev–Trinajstić information content (AvgIpc) is 3.06. The highest BCUT2D eigenvalue weighted by atomic mass is 35.5. The highest BCUT2D eigenvalue weighted by Gasteiger charge is 2.13. The zero-order valence-electron chi connectivity index (χ0n) is 14.9. The van der Waals surface area contributed by atoms with Crippen molar-refractivity contribution in [3.05, 3.63) is 82.4 Å². The summed E-state index contributed by atoms with van der Waals surface area (Å²) in [7, 11) is 0. The van der Waals surface area contributed by atoms with Crippen LogP contribution in [-0.4, -0.2) is 10.9 Å². The maximum Gasteiger partial charge on any atom is 0.257 e. The van der Waals surface area contributed by atoms with Gasteiger partial charge in [0, 0.05) is 11.3 Å². The van der Waals surface area contributed by atoms with Crippen molar-refractivity contribution in [1.82, 2.24) is 4.98 Å². The lowest BCUT2D eigenvalue weighted by Gasteiger charge is -2.10. The molecule has 0 fully saturated rings. The number of rotatable bonds is 3. The van der Waals surface area contributed by atoms with Crippen LogP contribution in [0.15, 0.2) is 65.1 Å². The Morgan fingerprint density at radius 1 is 1.04 bits per heavy atom. The second kappa shape index (κ2) is 6.89. The first-order valence-electron chi connectivity index (χ1n) is 8.55. The molecule has 4 aromatic rings. The Kier molecular flexibility index (Phi) is 4.42. The maximum atomic E-state index is 12.5. The molecule has 1 aromatic heterocycles. The SMILES string of the molecule is Cc1ccc2oc(-c3ccc(NC(=O)c4ccccc4Cl)c(C)c3)nc2c1. The van der Waals surface area contributed by atoms with Gasteiger partial charge in [-0.2, -0.15) is 0 Å². The fourth-order valence-electron chi connectivity index (χ4n) is 2.93. The number of carbonyl (C=O) groups excluding carboxylic acids is 1. The molecule has 0 aliphatic heterocycles. The van der Waals surface area contributed by atoms with Gasteiger partial charge in [0.05, 0.1) is 10.6 Å². The molecular formula is C22H17ClN2O2. The van der Waals surface area contributed by atoms with Crippen LogP contribution in [0, 0.1) is 13.8 Å². The molecule has 0 atom stereocenters. The molecule has 0 unspecified atom stereocenters. The van der Waals surface area contributed by atoms with Crippen LogP contribution in [0.5, 0.6) is 0 Å². The summed E-state index contributed by atoms with van der Waals surface area (Å²) >= 11 is 6.10. The van der Waals surface area contributed by atoms with Crippen LogP contribution in [-0.2, 0) is 0 Å². The Balaban J connectivity index is 1.62. The van der Waals surface area contributed by atoms with Gasteiger partial charge < -0.3 is 9.73 Å². The van der Waals surface area contributed by atoms with Gasteiger partial charge in [-0.3, -0.25) is 4.79 Å². The molecule has 0 aliphatic rings. The summed E-state index contributed by atoms with van der Waals surface area (Å²) in [6.45, 7) is 3.95. The number of nitrogens with one attached hydrogen (secondary N) is 1. The monoisotopic (exact) mass is 376 g/mol. The van der Waals surface area contributed by atoms with Gasteiger partial charge in [0.15, 0.2) is 5.58 Å². The third-order valence-corrected chi connectivity index (χ3v) is 4.71. The fourth-order valence-corrected chi connectivity index (χ4v) is 3.15. The number of aryl methyl sites for hydroxylation is 2. The largest absolute Gasteiger partial charge is 0.436 e. The highest BCUT2D eigenvalue weighted by Crippen LogP contribution is 2.28. The molecular weight excluding hydrogens is 360 g/mol. The van der Waals surface area contributed by atoms with E-state index < -0.39 is 0 Å². The first kappa shape index (κ1) is 17.3. The summed E-state index contributed by atoms with van der Waals surface area (Å²) in [5.74, 6) is 0.316. The molecule has 0 saturated heterocycles. The Hall–Kier alpha value is -3.11. The third kappa shape index (κ3) is 3.44. The molecule has 5 heteroatoms. The predicted octanol–water partition coefficient (Wildman–Crippen LogP) is 6.02. The van der Waals surface area contributed by atoms with Crippen LogP contribution in [0.3, 0.4) is 0 Å². The Morgan fingerprint density at radius 2 is 1.85 bits per heavy atom. The van der Waals surface area contributed by atoms with Crippen molar-refractivity contribution in [1.29, 1.82) is 0 Å². The van der Waals surface area contributed by atoms with E-state index in [-0.39, 0.29) is 5.91 Å². The van der Waals surface area contributed by atoms with E-state index in [4.69, 9.17) is 16.0 Å². The molecule has 1 heterocycles. The number of anilines is 1. The summed E-state index contributed by atoms with van der Waals surface area (Å²) in [4.78, 5) is 17.0. The second-order valence-electron chi connectivity index (χ2n) is 6.45. The summed E-state index contributed by atoms with van der Waals surface area (Å²) in [5, 5.41) is 3.33. The summed E-state index contributed by atoms with van der Waals surface area (Å²) in [6, 6.07) is 18.6. The quantitative estimate of drug-likeness (QED) is 0.475. The van der Waals surface area contributed by atoms with E-state index in [9.17, 15) is 4.79 Å². The minimum absolute atomic E-state index is 0.242. The Labute approximate surface area is 161 Å². The number of carbonyl (C=O) groups is 1. The second-order valence-corrected chi connectivity index (χ2v) is 6.86. The van der Waals surface area contributed by atoms with Crippen molar-refractivity contribution in [2.75, 3.05) is 5.32 Å². The lowest BCUT2D eigenvalue weighted by Crippen LogP contribution is -2.13. The van der Waals surface area contributed by atoms with Gasteiger partial charge >= 0.3 is 0 Å². The number of amides is 1. The zero-order valence-corrected chi connectivity index (χ0v) is 15.7. The lowest BCUT2D eigenvalue weighted by atomic mass is 10.1. The zero-order chi connectivity index (χ0) is 19.0. The Bertz CT molecular complexity index is 1160. The van der Waals surface area contributed by atoms with E-state index in [1.54, 1.807) is 24.3 Å². The number of benzene rings is 3. The van der Waals surface area contributed by atoms with E-state index in [0.29, 0.717) is 16.5 Å². The van der Waals surface area contributed by atoms with Gasteiger partial charge in [-0.05, 0) is 67.4 Å². The van der Waals surface area contributed by atoms with Crippen molar-refractivity contribution < 1.29 is 9.21 Å². The average molecular weight is 377 g/mol. The van der Waals surface area contributed by atoms with Crippen molar-refractivity contribution >= 4 is 34.3 Å². The fraction of sp³-hybridized carbons (Fsp3) is 0.0909. The molecule has 27 heavy (non-hydrogen) atoms. The number of hydrogen-bond donors (Lipinski definition) is 1. The van der Waals surface area contributed by atoms with Crippen LogP contribution in [0.1, 0.15) is 21.5 Å². The van der Waals surface area contributed by atoms with E-state index in [1.165, 1.54) is 0 Å². The molecule has 0 aliphatic carbocycles. The van der Waals surface area contributed by atoms with Crippen LogP contribution in [0.4, 0.5) is 5.69 Å². The highest BCUT2D eigenvalue weighted by molar-refractivity contribution is 6.34. The van der Waals surface area contributed by atoms with E-state index >= 15 is 0 Å². The first-order chi connectivity index (χ1) is 13.0. The number of halogens is 1. The van der Waals surface area contributed by atoms with Crippen LogP contribution in [0.25, 0.3) is 22.6 Å². The Morgan fingerprint density at radius 3 is 2.63 bits per heavy atom. The molecule has 1 N–H and O–H groups in total. The minimum atomic E-state index is -0.242. The van der Waals surface area contributed by atoms with E-state index in [0.717, 1.165) is 33.5 Å². The van der Waals surface area contributed by atoms with Crippen LogP contribution < -0.4 is 5.32 Å². The predicted molar refractivity (Wildman–Crippen MR) is 108 cm³/mol. The standard InChI is InChI=1S/C22H17ClN2O2/c1-13-7-10-20-19(11-13)25-22(27-20)15-8-9-18(14(2)12-15)24-21(26)16-5-3-4-6-17(16)23/h3-12H,1-2H3,(H,24,26). The molecule has 0 spiro atoms. The van der Waals surface area contributed by atoms with Crippen molar-refractivity contribution in [2.45, 2.75) is 13.8 Å². The summed E-state index contributed by atoms with van der Waals surface area (Å²) in [5.41, 5.74) is 5.65. The van der Waals surface area contributed by atoms with Crippen LogP contribution >= 0.6 is 11.6 Å². The number of nitrogens with zero attached hydrogens (tertiary/aromatic N) is 1. The molecule has 1 amide bonds. The smallest absolute Gasteiger partial charge is 0.257 e. The summed E-state index contributed by atoms with van der Waals surface area (Å²) < 4.78 is 5.85. The molecule has 0 bridgehead atoms. The molecule has 0 radical (unpaired) electrons. The van der Waals surface area contributed by atoms with Crippen molar-refractivity contribution in [3.63, 3.8) is 0 Å². The molecule has 134 valence electrons. The first-order valence-corrected chi connectivity index (χ1v) is 8.93. The maximum absolute atomic E-state index is 12.5. The number of hydrogen-bond acceptors (Lipinski definition) is 3. The van der Waals surface area contributed by atoms with Crippen LogP contribution in [0.2, 0.25) is 5.02 Å². The molecule has 4 nitrogen and oxygen atoms in total. The number of oxazole rings is 1. The number of aromatic nitrogens is 1. The summed E-state index contributed by atoms with van der Waals surface area (Å²) in [6.07, 6.45) is 0. The molecule has 4 rings (SSSR count). The molecule has 0 saturated carbocycles.